The van der Waals surface area contributed by atoms with Crippen molar-refractivity contribution >= 4 is 44.7 Å². The Morgan fingerprint density at radius 3 is 2.77 bits per heavy atom. The summed E-state index contributed by atoms with van der Waals surface area (Å²) in [7, 11) is 0. The molecule has 0 saturated carbocycles. The van der Waals surface area contributed by atoms with E-state index < -0.39 is 0 Å². The van der Waals surface area contributed by atoms with Gasteiger partial charge in [0.1, 0.15) is 10.6 Å². The molecule has 5 rings (SSSR count). The Morgan fingerprint density at radius 1 is 1.20 bits per heavy atom. The average Bonchev–Trinajstić information content (AvgIpc) is 3.43. The molecular formula is C22H21N3O2S3. The number of thiazole rings is 1. The Balaban J connectivity index is 1.62. The monoisotopic (exact) mass is 455 g/mol. The molecule has 0 saturated heterocycles. The zero-order valence-corrected chi connectivity index (χ0v) is 19.3. The van der Waals surface area contributed by atoms with Gasteiger partial charge >= 0.3 is 0 Å². The highest BCUT2D eigenvalue weighted by atomic mass is 32.2. The molecule has 1 aliphatic carbocycles. The quantitative estimate of drug-likeness (QED) is 0.288. The molecule has 30 heavy (non-hydrogen) atoms. The molecule has 154 valence electrons. The Bertz CT molecular complexity index is 1270. The summed E-state index contributed by atoms with van der Waals surface area (Å²) >= 11 is 4.89. The van der Waals surface area contributed by atoms with Crippen molar-refractivity contribution in [1.29, 1.82) is 0 Å². The van der Waals surface area contributed by atoms with Crippen LogP contribution in [0.15, 0.2) is 39.6 Å². The van der Waals surface area contributed by atoms with Gasteiger partial charge in [-0.15, -0.1) is 22.7 Å². The number of hydrogen-bond acceptors (Lipinski definition) is 7. The topological polar surface area (TPSA) is 57.0 Å². The third-order valence-electron chi connectivity index (χ3n) is 5.13. The van der Waals surface area contributed by atoms with Gasteiger partial charge in [0, 0.05) is 16.0 Å². The van der Waals surface area contributed by atoms with Crippen LogP contribution < -0.4 is 10.3 Å². The van der Waals surface area contributed by atoms with E-state index in [1.54, 1.807) is 39.0 Å². The van der Waals surface area contributed by atoms with Gasteiger partial charge in [-0.1, -0.05) is 11.8 Å². The molecule has 0 N–H and O–H groups in total. The van der Waals surface area contributed by atoms with Gasteiger partial charge in [-0.05, 0) is 62.9 Å². The summed E-state index contributed by atoms with van der Waals surface area (Å²) < 4.78 is 7.33. The normalized spacial score (nSPS) is 13.1. The lowest BCUT2D eigenvalue weighted by Gasteiger charge is -2.13. The van der Waals surface area contributed by atoms with E-state index in [9.17, 15) is 4.79 Å². The van der Waals surface area contributed by atoms with Crippen LogP contribution in [0.2, 0.25) is 0 Å². The van der Waals surface area contributed by atoms with Gasteiger partial charge in [0.05, 0.1) is 28.4 Å². The van der Waals surface area contributed by atoms with Gasteiger partial charge in [0.25, 0.3) is 5.56 Å². The number of thioether (sulfide) groups is 1. The second-order valence-electron chi connectivity index (χ2n) is 7.15. The first-order valence-corrected chi connectivity index (χ1v) is 12.7. The summed E-state index contributed by atoms with van der Waals surface area (Å²) in [5.74, 6) is 1.48. The maximum atomic E-state index is 13.7. The Labute approximate surface area is 186 Å². The summed E-state index contributed by atoms with van der Waals surface area (Å²) in [6.45, 7) is 4.58. The molecule has 0 spiro atoms. The number of hydrogen-bond donors (Lipinski definition) is 0. The van der Waals surface area contributed by atoms with Gasteiger partial charge in [0.2, 0.25) is 0 Å². The maximum Gasteiger partial charge on any atom is 0.267 e. The van der Waals surface area contributed by atoms with E-state index in [2.05, 4.69) is 10.4 Å². The van der Waals surface area contributed by atoms with Crippen LogP contribution in [-0.4, -0.2) is 21.1 Å². The fourth-order valence-corrected chi connectivity index (χ4v) is 6.75. The van der Waals surface area contributed by atoms with Crippen molar-refractivity contribution in [2.24, 2.45) is 0 Å². The molecule has 0 amide bonds. The smallest absolute Gasteiger partial charge is 0.267 e. The number of aromatic nitrogens is 3. The van der Waals surface area contributed by atoms with E-state index >= 15 is 0 Å². The van der Waals surface area contributed by atoms with E-state index in [1.807, 2.05) is 38.1 Å². The fourth-order valence-electron chi connectivity index (χ4n) is 3.82. The van der Waals surface area contributed by atoms with Crippen molar-refractivity contribution < 1.29 is 4.74 Å². The second kappa shape index (κ2) is 8.17. The molecule has 0 radical (unpaired) electrons. The van der Waals surface area contributed by atoms with Gasteiger partial charge in [-0.2, -0.15) is 0 Å². The molecule has 0 fully saturated rings. The summed E-state index contributed by atoms with van der Waals surface area (Å²) in [5, 5.41) is 4.63. The first-order chi connectivity index (χ1) is 14.6. The number of aryl methyl sites for hydroxylation is 3. The third-order valence-corrected chi connectivity index (χ3v) is 8.11. The second-order valence-corrected chi connectivity index (χ2v) is 10.2. The number of nitrogens with zero attached hydrogens (tertiary/aromatic N) is 3. The molecule has 1 aromatic carbocycles. The molecule has 8 heteroatoms. The van der Waals surface area contributed by atoms with Gasteiger partial charge in [0.15, 0.2) is 5.16 Å². The van der Waals surface area contributed by atoms with E-state index in [0.29, 0.717) is 17.5 Å². The number of thiophene rings is 1. The van der Waals surface area contributed by atoms with Crippen molar-refractivity contribution in [2.75, 3.05) is 6.61 Å². The van der Waals surface area contributed by atoms with Crippen molar-refractivity contribution in [3.05, 3.63) is 61.1 Å². The third kappa shape index (κ3) is 3.57. The molecule has 3 aromatic heterocycles. The van der Waals surface area contributed by atoms with Crippen LogP contribution in [0.5, 0.6) is 5.75 Å². The van der Waals surface area contributed by atoms with E-state index in [1.165, 1.54) is 10.4 Å². The van der Waals surface area contributed by atoms with E-state index in [-0.39, 0.29) is 5.56 Å². The van der Waals surface area contributed by atoms with Crippen LogP contribution in [-0.2, 0) is 18.6 Å². The van der Waals surface area contributed by atoms with Crippen molar-refractivity contribution in [1.82, 2.24) is 14.5 Å². The zero-order valence-electron chi connectivity index (χ0n) is 16.8. The molecule has 3 heterocycles. The van der Waals surface area contributed by atoms with Gasteiger partial charge < -0.3 is 4.74 Å². The molecular weight excluding hydrogens is 434 g/mol. The molecule has 0 aliphatic heterocycles. The molecule has 1 aliphatic rings. The molecule has 4 aromatic rings. The first-order valence-electron chi connectivity index (χ1n) is 9.98. The fraction of sp³-hybridized carbons (Fsp3) is 0.318. The summed E-state index contributed by atoms with van der Waals surface area (Å²) in [6.07, 6.45) is 3.15. The SMILES string of the molecule is CCOc1ccc(-n2c(SCc3csc(C)n3)nc3sc4c(c3c2=O)CCC4)cc1. The summed E-state index contributed by atoms with van der Waals surface area (Å²) in [5.41, 5.74) is 3.07. The number of ether oxygens (including phenoxy) is 1. The van der Waals surface area contributed by atoms with Crippen molar-refractivity contribution in [2.45, 2.75) is 44.0 Å². The predicted molar refractivity (Wildman–Crippen MR) is 125 cm³/mol. The minimum atomic E-state index is 0.0283. The minimum Gasteiger partial charge on any atom is -0.494 e. The highest BCUT2D eigenvalue weighted by Gasteiger charge is 2.24. The lowest BCUT2D eigenvalue weighted by atomic mass is 10.2. The Kier molecular flexibility index (Phi) is 5.39. The lowest BCUT2D eigenvalue weighted by molar-refractivity contribution is 0.340. The van der Waals surface area contributed by atoms with Crippen LogP contribution in [0.1, 0.15) is 34.5 Å². The van der Waals surface area contributed by atoms with Crippen molar-refractivity contribution in [3.63, 3.8) is 0 Å². The predicted octanol–water partition coefficient (Wildman–Crippen LogP) is 5.39. The summed E-state index contributed by atoms with van der Waals surface area (Å²) in [4.78, 5) is 25.4. The van der Waals surface area contributed by atoms with E-state index in [0.717, 1.165) is 51.6 Å². The van der Waals surface area contributed by atoms with E-state index in [4.69, 9.17) is 9.72 Å². The largest absolute Gasteiger partial charge is 0.494 e. The zero-order chi connectivity index (χ0) is 20.7. The summed E-state index contributed by atoms with van der Waals surface area (Å²) in [6, 6.07) is 7.69. The van der Waals surface area contributed by atoms with Gasteiger partial charge in [-0.3, -0.25) is 9.36 Å². The molecule has 0 atom stereocenters. The van der Waals surface area contributed by atoms with Crippen LogP contribution in [0.3, 0.4) is 0 Å². The first kappa shape index (κ1) is 19.8. The molecule has 0 unspecified atom stereocenters. The maximum absolute atomic E-state index is 13.7. The van der Waals surface area contributed by atoms with Crippen LogP contribution in [0.25, 0.3) is 15.9 Å². The highest BCUT2D eigenvalue weighted by molar-refractivity contribution is 7.98. The Hall–Kier alpha value is -2.16. The Morgan fingerprint density at radius 2 is 2.03 bits per heavy atom. The van der Waals surface area contributed by atoms with Gasteiger partial charge in [-0.25, -0.2) is 9.97 Å². The number of benzene rings is 1. The van der Waals surface area contributed by atoms with Crippen LogP contribution in [0, 0.1) is 6.92 Å². The van der Waals surface area contributed by atoms with Crippen LogP contribution >= 0.6 is 34.4 Å². The molecule has 5 nitrogen and oxygen atoms in total. The highest BCUT2D eigenvalue weighted by Crippen LogP contribution is 2.36. The minimum absolute atomic E-state index is 0.0283. The number of fused-ring (bicyclic) bond motifs is 3. The van der Waals surface area contributed by atoms with Crippen molar-refractivity contribution in [3.8, 4) is 11.4 Å². The van der Waals surface area contributed by atoms with Crippen LogP contribution in [0.4, 0.5) is 0 Å². The molecule has 0 bridgehead atoms. The standard InChI is InChI=1S/C22H21N3O2S3/c1-3-27-16-9-7-15(8-10-16)25-21(26)19-17-5-4-6-18(17)30-20(19)24-22(25)29-12-14-11-28-13(2)23-14/h7-11H,3-6,12H2,1-2H3. The average molecular weight is 456 g/mol. The number of rotatable bonds is 6. The lowest BCUT2D eigenvalue weighted by Crippen LogP contribution is -2.21.